The molecule has 4 N–H and O–H groups in total. The van der Waals surface area contributed by atoms with Crippen molar-refractivity contribution in [3.8, 4) is 0 Å². The van der Waals surface area contributed by atoms with Crippen LogP contribution in [0.2, 0.25) is 0 Å². The molecule has 1 amide bonds. The average molecular weight is 435 g/mol. The van der Waals surface area contributed by atoms with E-state index >= 15 is 0 Å². The summed E-state index contributed by atoms with van der Waals surface area (Å²) < 4.78 is 26.8. The molecule has 0 radical (unpaired) electrons. The first kappa shape index (κ1) is 24.3. The van der Waals surface area contributed by atoms with Crippen molar-refractivity contribution in [2.75, 3.05) is 19.6 Å². The Balaban J connectivity index is 0.00000392. The van der Waals surface area contributed by atoms with Gasteiger partial charge in [0, 0.05) is 25.6 Å². The first-order valence-corrected chi connectivity index (χ1v) is 10.5. The van der Waals surface area contributed by atoms with Crippen molar-refractivity contribution in [2.45, 2.75) is 43.4 Å². The molecule has 0 unspecified atom stereocenters. The molecule has 0 spiro atoms. The van der Waals surface area contributed by atoms with Crippen LogP contribution in [0, 0.1) is 15.5 Å². The molecule has 0 bridgehead atoms. The highest BCUT2D eigenvalue weighted by molar-refractivity contribution is 7.89. The fraction of sp³-hybridized carbons (Fsp3) is 0.588. The zero-order chi connectivity index (χ0) is 19.9. The summed E-state index contributed by atoms with van der Waals surface area (Å²) in [5, 5.41) is 13.7. The van der Waals surface area contributed by atoms with E-state index in [2.05, 4.69) is 10.0 Å². The monoisotopic (exact) mass is 434 g/mol. The van der Waals surface area contributed by atoms with Crippen molar-refractivity contribution in [1.82, 2.24) is 10.0 Å². The van der Waals surface area contributed by atoms with Crippen molar-refractivity contribution in [3.63, 3.8) is 0 Å². The summed E-state index contributed by atoms with van der Waals surface area (Å²) in [6, 6.07) is 5.12. The molecule has 9 nitrogen and oxygen atoms in total. The number of para-hydroxylation sites is 1. The van der Waals surface area contributed by atoms with Gasteiger partial charge in [0.1, 0.15) is 0 Å². The van der Waals surface area contributed by atoms with Gasteiger partial charge in [-0.3, -0.25) is 14.9 Å². The molecule has 11 heteroatoms. The number of nitro groups is 1. The number of nitrogens with zero attached hydrogens (tertiary/aromatic N) is 1. The predicted molar refractivity (Wildman–Crippen MR) is 108 cm³/mol. The van der Waals surface area contributed by atoms with Gasteiger partial charge >= 0.3 is 0 Å². The molecule has 0 saturated heterocycles. The van der Waals surface area contributed by atoms with Crippen LogP contribution in [-0.4, -0.2) is 38.9 Å². The standard InChI is InChI=1S/C17H26N4O5S.ClH/c18-13-17(8-4-1-5-9-17)12-16(22)19-10-11-20-27(25,26)15-7-3-2-6-14(15)21(23)24;/h2-3,6-7,20H,1,4-5,8-13,18H2,(H,19,22);1H. The Bertz CT molecular complexity index is 782. The number of rotatable bonds is 9. The number of carbonyl (C=O) groups is 1. The molecule has 1 aromatic rings. The largest absolute Gasteiger partial charge is 0.355 e. The van der Waals surface area contributed by atoms with Crippen LogP contribution in [0.4, 0.5) is 5.69 Å². The minimum Gasteiger partial charge on any atom is -0.355 e. The summed E-state index contributed by atoms with van der Waals surface area (Å²) >= 11 is 0. The van der Waals surface area contributed by atoms with Gasteiger partial charge in [-0.2, -0.15) is 0 Å². The van der Waals surface area contributed by atoms with Gasteiger partial charge in [-0.25, -0.2) is 13.1 Å². The van der Waals surface area contributed by atoms with Gasteiger partial charge in [0.15, 0.2) is 4.90 Å². The molecule has 1 aliphatic carbocycles. The Morgan fingerprint density at radius 1 is 1.18 bits per heavy atom. The number of hydrogen-bond acceptors (Lipinski definition) is 6. The van der Waals surface area contributed by atoms with Gasteiger partial charge < -0.3 is 11.1 Å². The SMILES string of the molecule is Cl.NCC1(CC(=O)NCCNS(=O)(=O)c2ccccc2[N+](=O)[O-])CCCCC1. The molecular weight excluding hydrogens is 408 g/mol. The zero-order valence-electron chi connectivity index (χ0n) is 15.6. The minimum absolute atomic E-state index is 0. The maximum Gasteiger partial charge on any atom is 0.289 e. The number of benzene rings is 1. The third kappa shape index (κ3) is 6.40. The summed E-state index contributed by atoms with van der Waals surface area (Å²) in [5.74, 6) is -0.160. The Labute approximate surface area is 171 Å². The zero-order valence-corrected chi connectivity index (χ0v) is 17.2. The second-order valence-corrected chi connectivity index (χ2v) is 8.65. The van der Waals surface area contributed by atoms with Crippen molar-refractivity contribution in [1.29, 1.82) is 0 Å². The predicted octanol–water partition coefficient (Wildman–Crippen LogP) is 1.71. The number of hydrogen-bond donors (Lipinski definition) is 3. The van der Waals surface area contributed by atoms with Crippen LogP contribution in [0.15, 0.2) is 29.2 Å². The molecule has 0 atom stereocenters. The number of nitrogens with one attached hydrogen (secondary N) is 2. The fourth-order valence-electron chi connectivity index (χ4n) is 3.46. The van der Waals surface area contributed by atoms with Crippen molar-refractivity contribution >= 4 is 34.0 Å². The molecular formula is C17H27ClN4O5S. The van der Waals surface area contributed by atoms with Gasteiger partial charge in [-0.1, -0.05) is 31.4 Å². The lowest BCUT2D eigenvalue weighted by Crippen LogP contribution is -2.40. The van der Waals surface area contributed by atoms with E-state index in [4.69, 9.17) is 5.73 Å². The number of nitrogens with two attached hydrogens (primary N) is 1. The number of halogens is 1. The summed E-state index contributed by atoms with van der Waals surface area (Å²) in [6.45, 7) is 0.500. The van der Waals surface area contributed by atoms with Crippen LogP contribution in [0.1, 0.15) is 38.5 Å². The van der Waals surface area contributed by atoms with Gasteiger partial charge in [-0.15, -0.1) is 12.4 Å². The van der Waals surface area contributed by atoms with E-state index in [0.717, 1.165) is 38.2 Å². The Morgan fingerprint density at radius 3 is 2.43 bits per heavy atom. The second-order valence-electron chi connectivity index (χ2n) is 6.91. The first-order valence-electron chi connectivity index (χ1n) is 8.99. The van der Waals surface area contributed by atoms with Gasteiger partial charge in [0.05, 0.1) is 4.92 Å². The third-order valence-corrected chi connectivity index (χ3v) is 6.48. The molecule has 1 fully saturated rings. The molecule has 1 aliphatic rings. The third-order valence-electron chi connectivity index (χ3n) is 4.97. The normalized spacial score (nSPS) is 16.0. The topological polar surface area (TPSA) is 144 Å². The highest BCUT2D eigenvalue weighted by atomic mass is 35.5. The van der Waals surface area contributed by atoms with E-state index in [0.29, 0.717) is 13.0 Å². The highest BCUT2D eigenvalue weighted by Gasteiger charge is 2.32. The molecule has 28 heavy (non-hydrogen) atoms. The second kappa shape index (κ2) is 10.7. The number of carbonyl (C=O) groups excluding carboxylic acids is 1. The van der Waals surface area contributed by atoms with Gasteiger partial charge in [-0.05, 0) is 30.9 Å². The molecule has 1 saturated carbocycles. The summed E-state index contributed by atoms with van der Waals surface area (Å²) in [6.07, 6.45) is 5.50. The van der Waals surface area contributed by atoms with Crippen molar-refractivity contribution in [2.24, 2.45) is 11.1 Å². The molecule has 0 aromatic heterocycles. The van der Waals surface area contributed by atoms with Crippen LogP contribution in [-0.2, 0) is 14.8 Å². The van der Waals surface area contributed by atoms with E-state index in [1.165, 1.54) is 18.2 Å². The van der Waals surface area contributed by atoms with E-state index in [-0.39, 0.29) is 36.8 Å². The van der Waals surface area contributed by atoms with E-state index < -0.39 is 25.5 Å². The quantitative estimate of drug-likeness (QED) is 0.306. The smallest absolute Gasteiger partial charge is 0.289 e. The first-order chi connectivity index (χ1) is 12.8. The lowest BCUT2D eigenvalue weighted by Gasteiger charge is -2.35. The van der Waals surface area contributed by atoms with Gasteiger partial charge in [0.2, 0.25) is 15.9 Å². The Morgan fingerprint density at radius 2 is 1.82 bits per heavy atom. The Hall–Kier alpha value is -1.75. The van der Waals surface area contributed by atoms with Crippen LogP contribution in [0.25, 0.3) is 0 Å². The lowest BCUT2D eigenvalue weighted by molar-refractivity contribution is -0.387. The number of amides is 1. The van der Waals surface area contributed by atoms with E-state index in [9.17, 15) is 23.3 Å². The highest BCUT2D eigenvalue weighted by Crippen LogP contribution is 2.38. The van der Waals surface area contributed by atoms with Crippen LogP contribution in [0.5, 0.6) is 0 Å². The fourth-order valence-corrected chi connectivity index (χ4v) is 4.66. The van der Waals surface area contributed by atoms with E-state index in [1.807, 2.05) is 0 Å². The van der Waals surface area contributed by atoms with Crippen LogP contribution >= 0.6 is 12.4 Å². The molecule has 0 aliphatic heterocycles. The van der Waals surface area contributed by atoms with Crippen LogP contribution in [0.3, 0.4) is 0 Å². The number of sulfonamides is 1. The maximum absolute atomic E-state index is 12.3. The molecule has 0 heterocycles. The van der Waals surface area contributed by atoms with E-state index in [1.54, 1.807) is 0 Å². The lowest BCUT2D eigenvalue weighted by atomic mass is 9.71. The molecule has 1 aromatic carbocycles. The maximum atomic E-state index is 12.3. The van der Waals surface area contributed by atoms with Gasteiger partial charge in [0.25, 0.3) is 5.69 Å². The summed E-state index contributed by atoms with van der Waals surface area (Å²) in [4.78, 5) is 22.0. The van der Waals surface area contributed by atoms with Crippen LogP contribution < -0.4 is 15.8 Å². The molecule has 158 valence electrons. The summed E-state index contributed by atoms with van der Waals surface area (Å²) in [5.41, 5.74) is 5.22. The van der Waals surface area contributed by atoms with Crippen molar-refractivity contribution in [3.05, 3.63) is 34.4 Å². The Kier molecular flexibility index (Phi) is 9.28. The minimum atomic E-state index is -4.04. The molecule has 2 rings (SSSR count). The van der Waals surface area contributed by atoms with Crippen molar-refractivity contribution < 1.29 is 18.1 Å². The summed E-state index contributed by atoms with van der Waals surface area (Å²) in [7, 11) is -4.04. The number of nitro benzene ring substituents is 1. The average Bonchev–Trinajstić information content (AvgIpc) is 2.66.